The van der Waals surface area contributed by atoms with Crippen LogP contribution < -0.4 is 11.2 Å². The Morgan fingerprint density at radius 3 is 2.29 bits per heavy atom. The molecule has 1 aromatic rings. The van der Waals surface area contributed by atoms with Gasteiger partial charge in [0.05, 0.1) is 6.61 Å². The zero-order valence-corrected chi connectivity index (χ0v) is 19.6. The van der Waals surface area contributed by atoms with E-state index < -0.39 is 71.5 Å². The monoisotopic (exact) mass is 556 g/mol. The van der Waals surface area contributed by atoms with Crippen LogP contribution in [-0.4, -0.2) is 69.9 Å². The third kappa shape index (κ3) is 6.06. The first-order valence-electron chi connectivity index (χ1n) is 8.69. The maximum atomic E-state index is 14.1. The molecule has 1 aliphatic rings. The molecule has 2 heterocycles. The van der Waals surface area contributed by atoms with Crippen LogP contribution in [0.1, 0.15) is 13.2 Å². The van der Waals surface area contributed by atoms with Gasteiger partial charge in [0.1, 0.15) is 12.8 Å². The summed E-state index contributed by atoms with van der Waals surface area (Å²) in [5.41, 5.74) is -7.67. The number of aliphatic hydroxyl groups excluding tert-OH is 1. The summed E-state index contributed by atoms with van der Waals surface area (Å²) in [6, 6.07) is 0.831. The van der Waals surface area contributed by atoms with Crippen molar-refractivity contribution in [1.29, 1.82) is 0 Å². The molecule has 0 amide bonds. The number of nitrogens with zero attached hydrogens (tertiary/aromatic N) is 1. The van der Waals surface area contributed by atoms with Crippen molar-refractivity contribution >= 4 is 23.5 Å². The van der Waals surface area contributed by atoms with E-state index in [1.54, 1.807) is 0 Å². The number of aromatic nitrogens is 2. The summed E-state index contributed by atoms with van der Waals surface area (Å²) in [5.74, 6) is 0. The van der Waals surface area contributed by atoms with Crippen molar-refractivity contribution in [2.24, 2.45) is 0 Å². The van der Waals surface area contributed by atoms with Gasteiger partial charge in [0.25, 0.3) is 5.56 Å². The Kier molecular flexibility index (Phi) is 8.15. The summed E-state index contributed by atoms with van der Waals surface area (Å²) in [6.45, 7) is 1.36. The fourth-order valence-corrected chi connectivity index (χ4v) is 6.06. The number of phosphoric acid groups is 3. The quantitative estimate of drug-likeness (QED) is 0.132. The summed E-state index contributed by atoms with van der Waals surface area (Å²) in [7, 11) is -17.3. The smallest absolute Gasteiger partial charge is 0.386 e. The van der Waals surface area contributed by atoms with Crippen molar-refractivity contribution in [1.82, 2.24) is 9.55 Å². The number of nitrogens with one attached hydrogen (secondary N) is 1. The minimum absolute atomic E-state index is 0.281. The number of alkyl halides is 1. The van der Waals surface area contributed by atoms with E-state index in [4.69, 9.17) is 14.5 Å². The van der Waals surface area contributed by atoms with Crippen molar-refractivity contribution in [3.8, 4) is 0 Å². The molecule has 2 unspecified atom stereocenters. The Morgan fingerprint density at radius 1 is 1.24 bits per heavy atom. The first-order valence-corrected chi connectivity index (χ1v) is 13.2. The first kappa shape index (κ1) is 28.9. The summed E-state index contributed by atoms with van der Waals surface area (Å²) < 4.78 is 65.5. The van der Waals surface area contributed by atoms with Crippen LogP contribution in [0.15, 0.2) is 34.0 Å². The zero-order chi connectivity index (χ0) is 26.3. The number of phosphoric ester groups is 1. The molecule has 1 aliphatic heterocycles. The predicted octanol–water partition coefficient (Wildman–Crippen LogP) is -1.21. The minimum atomic E-state index is -5.90. The van der Waals surface area contributed by atoms with Gasteiger partial charge >= 0.3 is 29.2 Å². The van der Waals surface area contributed by atoms with Gasteiger partial charge in [-0.15, -0.1) is 0 Å². The van der Waals surface area contributed by atoms with E-state index in [2.05, 4.69) is 19.7 Å². The van der Waals surface area contributed by atoms with Gasteiger partial charge in [-0.25, -0.2) is 22.9 Å². The number of hydrogen-bond donors (Lipinski definition) is 7. The number of aromatic amines is 1. The summed E-state index contributed by atoms with van der Waals surface area (Å²) in [4.78, 5) is 61.2. The average molecular weight is 556 g/mol. The van der Waals surface area contributed by atoms with Gasteiger partial charge in [-0.05, 0) is 12.5 Å². The van der Waals surface area contributed by atoms with Crippen LogP contribution in [0.2, 0.25) is 0 Å². The van der Waals surface area contributed by atoms with E-state index in [-0.39, 0.29) is 5.57 Å². The van der Waals surface area contributed by atoms with Gasteiger partial charge in [-0.2, -0.15) is 8.62 Å². The highest BCUT2D eigenvalue weighted by Crippen LogP contribution is 2.66. The van der Waals surface area contributed by atoms with Crippen LogP contribution in [0.5, 0.6) is 0 Å². The van der Waals surface area contributed by atoms with Crippen LogP contribution >= 0.6 is 23.5 Å². The number of ether oxygens (including phenoxy) is 1. The highest BCUT2D eigenvalue weighted by molar-refractivity contribution is 7.66. The molecule has 2 rings (SSSR count). The third-order valence-corrected chi connectivity index (χ3v) is 8.32. The Morgan fingerprint density at radius 2 is 1.82 bits per heavy atom. The second kappa shape index (κ2) is 9.59. The fourth-order valence-electron chi connectivity index (χ4n) is 2.99. The molecule has 0 aliphatic carbocycles. The molecule has 7 N–H and O–H groups in total. The van der Waals surface area contributed by atoms with Crippen molar-refractivity contribution in [2.45, 2.75) is 30.5 Å². The number of halogens is 1. The lowest BCUT2D eigenvalue weighted by molar-refractivity contribution is -0.137. The minimum Gasteiger partial charge on any atom is -0.386 e. The van der Waals surface area contributed by atoms with Gasteiger partial charge in [0.15, 0.2) is 17.4 Å². The van der Waals surface area contributed by atoms with Crippen molar-refractivity contribution in [3.05, 3.63) is 45.3 Å². The van der Waals surface area contributed by atoms with Crippen LogP contribution in [0.25, 0.3) is 0 Å². The van der Waals surface area contributed by atoms with Gasteiger partial charge in [-0.1, -0.05) is 6.58 Å². The predicted molar refractivity (Wildman–Crippen MR) is 106 cm³/mol. The molecule has 0 saturated carbocycles. The number of hydrogen-bond acceptors (Lipinski definition) is 11. The largest absolute Gasteiger partial charge is 0.490 e. The van der Waals surface area contributed by atoms with Crippen LogP contribution in [0.3, 0.4) is 0 Å². The molecule has 0 radical (unpaired) electrons. The molecule has 21 heteroatoms. The average Bonchev–Trinajstić information content (AvgIpc) is 2.87. The lowest BCUT2D eigenvalue weighted by atomic mass is 9.82. The van der Waals surface area contributed by atoms with Gasteiger partial charge in [-0.3, -0.25) is 18.9 Å². The van der Waals surface area contributed by atoms with Crippen LogP contribution in [-0.2, 0) is 31.6 Å². The third-order valence-electron chi connectivity index (χ3n) is 4.54. The lowest BCUT2D eigenvalue weighted by Crippen LogP contribution is -2.55. The van der Waals surface area contributed by atoms with E-state index >= 15 is 0 Å². The summed E-state index contributed by atoms with van der Waals surface area (Å²) >= 11 is 0. The second-order valence-corrected chi connectivity index (χ2v) is 11.5. The van der Waals surface area contributed by atoms with Crippen molar-refractivity contribution in [3.63, 3.8) is 0 Å². The van der Waals surface area contributed by atoms with Gasteiger partial charge < -0.3 is 34.5 Å². The Bertz CT molecular complexity index is 1210. The molecule has 0 bridgehead atoms. The van der Waals surface area contributed by atoms with Crippen LogP contribution in [0.4, 0.5) is 4.39 Å². The standard InChI is InChI=1S/C13H20FN2O15P3/c1-7(2)13(20)9(18)12(5-14,29-10(13)16-4-3-8(17)15-11(16)19)6-28-33(24,25)31-34(26,27)30-32(21,22)23/h3-4,9-10,18,20H,1,5-6H2,2H3,(H,24,25)(H,26,27)(H,15,17,19)(H2,21,22,23)/t9-,10-,12-,13-/m1/s1. The molecule has 34 heavy (non-hydrogen) atoms. The summed E-state index contributed by atoms with van der Waals surface area (Å²) in [6.07, 6.45) is -3.49. The van der Waals surface area contributed by atoms with Crippen molar-refractivity contribution < 1.29 is 65.8 Å². The van der Waals surface area contributed by atoms with Crippen LogP contribution in [0, 0.1) is 0 Å². The van der Waals surface area contributed by atoms with Crippen molar-refractivity contribution in [2.75, 3.05) is 13.3 Å². The molecule has 6 atom stereocenters. The van der Waals surface area contributed by atoms with E-state index in [9.17, 15) is 47.7 Å². The topological polar surface area (TPSA) is 264 Å². The lowest BCUT2D eigenvalue weighted by Gasteiger charge is -2.34. The highest BCUT2D eigenvalue weighted by Gasteiger charge is 2.65. The molecule has 0 spiro atoms. The molecule has 17 nitrogen and oxygen atoms in total. The molecule has 1 saturated heterocycles. The van der Waals surface area contributed by atoms with Gasteiger partial charge in [0.2, 0.25) is 0 Å². The van der Waals surface area contributed by atoms with Gasteiger partial charge in [0, 0.05) is 12.3 Å². The molecule has 194 valence electrons. The maximum Gasteiger partial charge on any atom is 0.490 e. The molecular weight excluding hydrogens is 536 g/mol. The summed E-state index contributed by atoms with van der Waals surface area (Å²) in [5, 5.41) is 21.8. The fraction of sp³-hybridized carbons (Fsp3) is 0.538. The SMILES string of the molecule is C=C(C)[C@@]1(O)[C@H](O)[C@@](CF)(COP(=O)(O)OP(=O)(O)OP(=O)(O)O)O[C@H]1n1ccc(=O)[nH]c1=O. The highest BCUT2D eigenvalue weighted by atomic mass is 31.3. The Labute approximate surface area is 188 Å². The molecule has 1 fully saturated rings. The van der Waals surface area contributed by atoms with E-state index in [0.29, 0.717) is 4.57 Å². The molecule has 0 aromatic carbocycles. The molecule has 1 aromatic heterocycles. The first-order chi connectivity index (χ1) is 15.3. The normalized spacial score (nSPS) is 31.1. The number of rotatable bonds is 10. The number of aliphatic hydroxyl groups is 2. The number of H-pyrrole nitrogens is 1. The van der Waals surface area contributed by atoms with E-state index in [1.807, 2.05) is 4.98 Å². The molecular formula is C13H20FN2O15P3. The Balaban J connectivity index is 2.40. The van der Waals surface area contributed by atoms with E-state index in [1.165, 1.54) is 0 Å². The second-order valence-electron chi connectivity index (χ2n) is 7.06. The maximum absolute atomic E-state index is 14.1. The Hall–Kier alpha value is -1.36. The van der Waals surface area contributed by atoms with E-state index in [0.717, 1.165) is 19.2 Å². The zero-order valence-electron chi connectivity index (χ0n) is 17.0.